The molecule has 0 saturated heterocycles. The molecule has 0 aliphatic rings. The number of aryl methyl sites for hydroxylation is 1. The van der Waals surface area contributed by atoms with E-state index in [4.69, 9.17) is 4.74 Å². The summed E-state index contributed by atoms with van der Waals surface area (Å²) in [6, 6.07) is 16.8. The van der Waals surface area contributed by atoms with Gasteiger partial charge in [0.25, 0.3) is 15.9 Å². The molecular weight excluding hydrogens is 457 g/mol. The third kappa shape index (κ3) is 6.12. The standard InChI is InChI=1S/C25H28FN3O4S/c1-17-8-13-22(34(31,32)28-20-9-11-21(33-4)12-10-20)15-23(17)25(30)27-16-24(29(2)3)18-6-5-7-19(26)14-18/h5-15,24,28H,16H2,1-4H3,(H,27,30)/t24-/m0/s1. The average Bonchev–Trinajstić information content (AvgIpc) is 2.79. The van der Waals surface area contributed by atoms with E-state index in [2.05, 4.69) is 10.0 Å². The smallest absolute Gasteiger partial charge is 0.261 e. The maximum absolute atomic E-state index is 13.7. The number of benzene rings is 3. The predicted octanol–water partition coefficient (Wildman–Crippen LogP) is 3.98. The van der Waals surface area contributed by atoms with E-state index in [1.807, 2.05) is 19.0 Å². The van der Waals surface area contributed by atoms with E-state index in [9.17, 15) is 17.6 Å². The van der Waals surface area contributed by atoms with E-state index in [-0.39, 0.29) is 28.9 Å². The summed E-state index contributed by atoms with van der Waals surface area (Å²) in [5.74, 6) is -0.164. The lowest BCUT2D eigenvalue weighted by atomic mass is 10.0. The Morgan fingerprint density at radius 3 is 2.38 bits per heavy atom. The number of ether oxygens (including phenoxy) is 1. The molecule has 0 aliphatic carbocycles. The van der Waals surface area contributed by atoms with Crippen molar-refractivity contribution in [1.82, 2.24) is 10.2 Å². The van der Waals surface area contributed by atoms with E-state index in [1.54, 1.807) is 49.4 Å². The number of nitrogens with one attached hydrogen (secondary N) is 2. The fraction of sp³-hybridized carbons (Fsp3) is 0.240. The zero-order chi connectivity index (χ0) is 24.9. The lowest BCUT2D eigenvalue weighted by Gasteiger charge is -2.25. The molecule has 0 fully saturated rings. The second kappa shape index (κ2) is 10.7. The summed E-state index contributed by atoms with van der Waals surface area (Å²) in [6.07, 6.45) is 0. The van der Waals surface area contributed by atoms with Crippen LogP contribution in [0.3, 0.4) is 0 Å². The van der Waals surface area contributed by atoms with Gasteiger partial charge in [0, 0.05) is 17.8 Å². The van der Waals surface area contributed by atoms with Crippen LogP contribution in [-0.2, 0) is 10.0 Å². The van der Waals surface area contributed by atoms with Gasteiger partial charge in [0.1, 0.15) is 11.6 Å². The molecule has 3 aromatic rings. The van der Waals surface area contributed by atoms with Crippen LogP contribution in [0.2, 0.25) is 0 Å². The molecule has 0 aliphatic heterocycles. The second-order valence-electron chi connectivity index (χ2n) is 8.06. The van der Waals surface area contributed by atoms with Crippen LogP contribution in [0, 0.1) is 12.7 Å². The molecule has 1 atom stereocenters. The van der Waals surface area contributed by atoms with Crippen LogP contribution in [0.1, 0.15) is 27.5 Å². The third-order valence-corrected chi connectivity index (χ3v) is 6.80. The number of halogens is 1. The molecule has 0 unspecified atom stereocenters. The number of sulfonamides is 1. The van der Waals surface area contributed by atoms with Crippen LogP contribution in [0.4, 0.5) is 10.1 Å². The quantitative estimate of drug-likeness (QED) is 0.479. The number of hydrogen-bond donors (Lipinski definition) is 2. The number of carbonyl (C=O) groups excluding carboxylic acids is 1. The van der Waals surface area contributed by atoms with Crippen molar-refractivity contribution in [1.29, 1.82) is 0 Å². The van der Waals surface area contributed by atoms with Crippen LogP contribution >= 0.6 is 0 Å². The molecule has 0 saturated carbocycles. The maximum Gasteiger partial charge on any atom is 0.261 e. The Labute approximate surface area is 199 Å². The minimum absolute atomic E-state index is 0.0339. The Balaban J connectivity index is 1.78. The summed E-state index contributed by atoms with van der Waals surface area (Å²) in [4.78, 5) is 14.8. The molecule has 1 amide bonds. The zero-order valence-electron chi connectivity index (χ0n) is 19.5. The first-order valence-corrected chi connectivity index (χ1v) is 12.1. The molecule has 2 N–H and O–H groups in total. The summed E-state index contributed by atoms with van der Waals surface area (Å²) < 4.78 is 47.1. The van der Waals surface area contributed by atoms with Crippen LogP contribution < -0.4 is 14.8 Å². The van der Waals surface area contributed by atoms with Gasteiger partial charge in [0.05, 0.1) is 18.0 Å². The molecule has 0 heterocycles. The molecule has 0 spiro atoms. The lowest BCUT2D eigenvalue weighted by molar-refractivity contribution is 0.0941. The summed E-state index contributed by atoms with van der Waals surface area (Å²) in [6.45, 7) is 1.95. The number of nitrogens with zero attached hydrogens (tertiary/aromatic N) is 1. The van der Waals surface area contributed by atoms with Gasteiger partial charge < -0.3 is 15.0 Å². The Kier molecular flexibility index (Phi) is 7.90. The number of amides is 1. The van der Waals surface area contributed by atoms with Gasteiger partial charge in [0.2, 0.25) is 0 Å². The fourth-order valence-corrected chi connectivity index (χ4v) is 4.57. The van der Waals surface area contributed by atoms with Crippen LogP contribution in [0.15, 0.2) is 71.6 Å². The van der Waals surface area contributed by atoms with E-state index in [0.717, 1.165) is 5.56 Å². The minimum atomic E-state index is -3.92. The van der Waals surface area contributed by atoms with Gasteiger partial charge in [-0.1, -0.05) is 18.2 Å². The largest absolute Gasteiger partial charge is 0.497 e. The fourth-order valence-electron chi connectivity index (χ4n) is 3.48. The molecule has 180 valence electrons. The maximum atomic E-state index is 13.7. The molecule has 0 aromatic heterocycles. The first-order chi connectivity index (χ1) is 16.1. The molecule has 34 heavy (non-hydrogen) atoms. The predicted molar refractivity (Wildman–Crippen MR) is 130 cm³/mol. The first kappa shape index (κ1) is 25.2. The number of carbonyl (C=O) groups is 1. The van der Waals surface area contributed by atoms with Gasteiger partial charge in [-0.2, -0.15) is 0 Å². The van der Waals surface area contributed by atoms with E-state index in [0.29, 0.717) is 17.0 Å². The lowest BCUT2D eigenvalue weighted by Crippen LogP contribution is -2.35. The molecular formula is C25H28FN3O4S. The summed E-state index contributed by atoms with van der Waals surface area (Å²) >= 11 is 0. The summed E-state index contributed by atoms with van der Waals surface area (Å²) in [5, 5.41) is 2.85. The Hall–Kier alpha value is -3.43. The van der Waals surface area contributed by atoms with E-state index in [1.165, 1.54) is 31.4 Å². The molecule has 0 bridgehead atoms. The van der Waals surface area contributed by atoms with Crippen LogP contribution in [-0.4, -0.2) is 47.0 Å². The normalized spacial score (nSPS) is 12.3. The van der Waals surface area contributed by atoms with Crippen LogP contribution in [0.25, 0.3) is 0 Å². The summed E-state index contributed by atoms with van der Waals surface area (Å²) in [5.41, 5.74) is 1.97. The van der Waals surface area contributed by atoms with Crippen molar-refractivity contribution in [2.45, 2.75) is 17.9 Å². The van der Waals surface area contributed by atoms with Gasteiger partial charge in [-0.15, -0.1) is 0 Å². The highest BCUT2D eigenvalue weighted by Gasteiger charge is 2.20. The highest BCUT2D eigenvalue weighted by Crippen LogP contribution is 2.22. The number of anilines is 1. The van der Waals surface area contributed by atoms with Gasteiger partial charge in [0.15, 0.2) is 0 Å². The van der Waals surface area contributed by atoms with Crippen molar-refractivity contribution in [3.8, 4) is 5.75 Å². The van der Waals surface area contributed by atoms with Crippen molar-refractivity contribution in [3.05, 3.63) is 89.2 Å². The van der Waals surface area contributed by atoms with Crippen molar-refractivity contribution in [2.24, 2.45) is 0 Å². The van der Waals surface area contributed by atoms with Crippen molar-refractivity contribution in [3.63, 3.8) is 0 Å². The van der Waals surface area contributed by atoms with Crippen molar-refractivity contribution in [2.75, 3.05) is 32.5 Å². The van der Waals surface area contributed by atoms with Gasteiger partial charge >= 0.3 is 0 Å². The Morgan fingerprint density at radius 1 is 1.06 bits per heavy atom. The van der Waals surface area contributed by atoms with Gasteiger partial charge in [-0.3, -0.25) is 9.52 Å². The first-order valence-electron chi connectivity index (χ1n) is 10.6. The number of rotatable bonds is 9. The minimum Gasteiger partial charge on any atom is -0.497 e. The molecule has 9 heteroatoms. The third-order valence-electron chi connectivity index (χ3n) is 5.42. The number of likely N-dealkylation sites (N-methyl/N-ethyl adjacent to an activating group) is 1. The van der Waals surface area contributed by atoms with E-state index >= 15 is 0 Å². The Morgan fingerprint density at radius 2 is 1.76 bits per heavy atom. The monoisotopic (exact) mass is 485 g/mol. The van der Waals surface area contributed by atoms with Crippen molar-refractivity contribution < 1.29 is 22.3 Å². The topological polar surface area (TPSA) is 87.7 Å². The Bertz CT molecular complexity index is 1260. The van der Waals surface area contributed by atoms with Crippen molar-refractivity contribution >= 4 is 21.6 Å². The number of methoxy groups -OCH3 is 1. The molecule has 3 aromatic carbocycles. The SMILES string of the molecule is COc1ccc(NS(=O)(=O)c2ccc(C)c(C(=O)NC[C@@H](c3cccc(F)c3)N(C)C)c2)cc1. The molecule has 3 rings (SSSR count). The molecule has 0 radical (unpaired) electrons. The zero-order valence-corrected chi connectivity index (χ0v) is 20.3. The highest BCUT2D eigenvalue weighted by atomic mass is 32.2. The van der Waals surface area contributed by atoms with Gasteiger partial charge in [-0.05, 0) is 80.7 Å². The van der Waals surface area contributed by atoms with Gasteiger partial charge in [-0.25, -0.2) is 12.8 Å². The second-order valence-corrected chi connectivity index (χ2v) is 9.74. The van der Waals surface area contributed by atoms with E-state index < -0.39 is 15.9 Å². The van der Waals surface area contributed by atoms with Crippen LogP contribution in [0.5, 0.6) is 5.75 Å². The highest BCUT2D eigenvalue weighted by molar-refractivity contribution is 7.92. The average molecular weight is 486 g/mol. The summed E-state index contributed by atoms with van der Waals surface area (Å²) in [7, 11) is 1.28. The molecule has 7 nitrogen and oxygen atoms in total. The number of hydrogen-bond acceptors (Lipinski definition) is 5.